The van der Waals surface area contributed by atoms with Crippen LogP contribution in [0.25, 0.3) is 0 Å². The summed E-state index contributed by atoms with van der Waals surface area (Å²) in [5, 5.41) is 4.40. The molecule has 0 radical (unpaired) electrons. The van der Waals surface area contributed by atoms with Crippen LogP contribution in [0, 0.1) is 13.8 Å². The van der Waals surface area contributed by atoms with E-state index < -0.39 is 0 Å². The first-order valence-corrected chi connectivity index (χ1v) is 9.27. The van der Waals surface area contributed by atoms with Crippen molar-refractivity contribution in [3.05, 3.63) is 99.6 Å². The van der Waals surface area contributed by atoms with Gasteiger partial charge in [-0.2, -0.15) is 5.10 Å². The molecule has 0 aliphatic heterocycles. The second kappa shape index (κ2) is 9.20. The highest BCUT2D eigenvalue weighted by atomic mass is 35.5. The summed E-state index contributed by atoms with van der Waals surface area (Å²) in [4.78, 5) is 12.1. The molecule has 5 heteroatoms. The molecule has 0 spiro atoms. The van der Waals surface area contributed by atoms with E-state index in [1.54, 1.807) is 18.3 Å². The highest BCUT2D eigenvalue weighted by Gasteiger charge is 2.09. The summed E-state index contributed by atoms with van der Waals surface area (Å²) in [6, 6.07) is 21.0. The van der Waals surface area contributed by atoms with Gasteiger partial charge in [-0.15, -0.1) is 0 Å². The van der Waals surface area contributed by atoms with E-state index in [-0.39, 0.29) is 5.91 Å². The molecule has 0 heterocycles. The third-order valence-electron chi connectivity index (χ3n) is 4.12. The third-order valence-corrected chi connectivity index (χ3v) is 4.43. The average Bonchev–Trinajstić information content (AvgIpc) is 2.67. The van der Waals surface area contributed by atoms with E-state index in [0.29, 0.717) is 17.2 Å². The summed E-state index contributed by atoms with van der Waals surface area (Å²) in [5.41, 5.74) is 7.06. The molecule has 28 heavy (non-hydrogen) atoms. The molecule has 0 aromatic heterocycles. The van der Waals surface area contributed by atoms with Crippen molar-refractivity contribution in [1.82, 2.24) is 5.43 Å². The first kappa shape index (κ1) is 19.6. The van der Waals surface area contributed by atoms with E-state index in [4.69, 9.17) is 16.3 Å². The summed E-state index contributed by atoms with van der Waals surface area (Å²) < 4.78 is 5.80. The lowest BCUT2D eigenvalue weighted by atomic mass is 10.1. The molecule has 1 amide bonds. The molecule has 3 aromatic rings. The van der Waals surface area contributed by atoms with Crippen LogP contribution in [0.2, 0.25) is 5.02 Å². The van der Waals surface area contributed by atoms with E-state index in [1.807, 2.05) is 49.4 Å². The minimum absolute atomic E-state index is 0.348. The zero-order valence-electron chi connectivity index (χ0n) is 15.8. The van der Waals surface area contributed by atoms with Crippen molar-refractivity contribution >= 4 is 23.7 Å². The van der Waals surface area contributed by atoms with Crippen molar-refractivity contribution in [2.24, 2.45) is 5.10 Å². The second-order valence-electron chi connectivity index (χ2n) is 6.53. The van der Waals surface area contributed by atoms with Gasteiger partial charge in [0.1, 0.15) is 12.4 Å². The predicted octanol–water partition coefficient (Wildman–Crippen LogP) is 5.30. The Hall–Kier alpha value is -3.11. The smallest absolute Gasteiger partial charge is 0.272 e. The second-order valence-corrected chi connectivity index (χ2v) is 6.94. The maximum atomic E-state index is 12.1. The fourth-order valence-corrected chi connectivity index (χ4v) is 2.97. The maximum Gasteiger partial charge on any atom is 0.272 e. The lowest BCUT2D eigenvalue weighted by Crippen LogP contribution is -2.18. The standard InChI is InChI=1S/C23H21ClN2O2/c1-16-4-3-5-19(12-16)15-28-20-9-7-18(8-10-20)14-25-26-23(27)21-11-6-17(2)13-22(21)24/h3-14H,15H2,1-2H3,(H,26,27)/b25-14-. The van der Waals surface area contributed by atoms with Gasteiger partial charge in [-0.05, 0) is 66.9 Å². The molecule has 3 rings (SSSR count). The number of hydrazone groups is 1. The van der Waals surface area contributed by atoms with Crippen molar-refractivity contribution < 1.29 is 9.53 Å². The topological polar surface area (TPSA) is 50.7 Å². The van der Waals surface area contributed by atoms with Gasteiger partial charge in [0.05, 0.1) is 16.8 Å². The first-order chi connectivity index (χ1) is 13.5. The lowest BCUT2D eigenvalue weighted by molar-refractivity contribution is 0.0955. The zero-order chi connectivity index (χ0) is 19.9. The van der Waals surface area contributed by atoms with Gasteiger partial charge in [0.15, 0.2) is 0 Å². The van der Waals surface area contributed by atoms with E-state index >= 15 is 0 Å². The number of carbonyl (C=O) groups excluding carboxylic acids is 1. The van der Waals surface area contributed by atoms with Crippen molar-refractivity contribution in [1.29, 1.82) is 0 Å². The Bertz CT molecular complexity index is 998. The number of nitrogens with zero attached hydrogens (tertiary/aromatic N) is 1. The van der Waals surface area contributed by atoms with Gasteiger partial charge < -0.3 is 4.74 Å². The van der Waals surface area contributed by atoms with Crippen LogP contribution in [0.15, 0.2) is 71.8 Å². The van der Waals surface area contributed by atoms with Gasteiger partial charge in [0.2, 0.25) is 0 Å². The van der Waals surface area contributed by atoms with Gasteiger partial charge in [-0.1, -0.05) is 47.5 Å². The van der Waals surface area contributed by atoms with Crippen LogP contribution in [-0.2, 0) is 6.61 Å². The summed E-state index contributed by atoms with van der Waals surface area (Å²) in [7, 11) is 0. The molecule has 0 bridgehead atoms. The molecular formula is C23H21ClN2O2. The molecule has 3 aromatic carbocycles. The Morgan fingerprint density at radius 1 is 1.04 bits per heavy atom. The predicted molar refractivity (Wildman–Crippen MR) is 113 cm³/mol. The SMILES string of the molecule is Cc1cccc(COc2ccc(/C=N\NC(=O)c3ccc(C)cc3Cl)cc2)c1. The van der Waals surface area contributed by atoms with Crippen LogP contribution in [0.1, 0.15) is 32.6 Å². The molecule has 0 aliphatic rings. The minimum atomic E-state index is -0.348. The van der Waals surface area contributed by atoms with E-state index in [1.165, 1.54) is 5.56 Å². The molecule has 0 atom stereocenters. The van der Waals surface area contributed by atoms with E-state index in [0.717, 1.165) is 22.4 Å². The van der Waals surface area contributed by atoms with Crippen molar-refractivity contribution in [2.45, 2.75) is 20.5 Å². The average molecular weight is 393 g/mol. The highest BCUT2D eigenvalue weighted by molar-refractivity contribution is 6.33. The van der Waals surface area contributed by atoms with E-state index in [2.05, 4.69) is 29.6 Å². The number of hydrogen-bond donors (Lipinski definition) is 1. The summed E-state index contributed by atoms with van der Waals surface area (Å²) >= 11 is 6.09. The Morgan fingerprint density at radius 3 is 2.50 bits per heavy atom. The van der Waals surface area contributed by atoms with Crippen molar-refractivity contribution in [3.63, 3.8) is 0 Å². The van der Waals surface area contributed by atoms with Gasteiger partial charge in [-0.25, -0.2) is 5.43 Å². The van der Waals surface area contributed by atoms with Crippen molar-refractivity contribution in [2.75, 3.05) is 0 Å². The van der Waals surface area contributed by atoms with Gasteiger partial charge >= 0.3 is 0 Å². The number of rotatable bonds is 6. The number of halogens is 1. The molecule has 142 valence electrons. The third kappa shape index (κ3) is 5.44. The maximum absolute atomic E-state index is 12.1. The van der Waals surface area contributed by atoms with Crippen LogP contribution in [-0.4, -0.2) is 12.1 Å². The van der Waals surface area contributed by atoms with Crippen molar-refractivity contribution in [3.8, 4) is 5.75 Å². The van der Waals surface area contributed by atoms with Crippen LogP contribution in [0.3, 0.4) is 0 Å². The number of carbonyl (C=O) groups is 1. The summed E-state index contributed by atoms with van der Waals surface area (Å²) in [6.07, 6.45) is 1.57. The molecule has 0 aliphatic carbocycles. The number of hydrogen-bond acceptors (Lipinski definition) is 3. The van der Waals surface area contributed by atoms with Crippen LogP contribution in [0.5, 0.6) is 5.75 Å². The Kier molecular flexibility index (Phi) is 6.45. The Balaban J connectivity index is 1.54. The fourth-order valence-electron chi connectivity index (χ4n) is 2.65. The largest absolute Gasteiger partial charge is 0.489 e. The summed E-state index contributed by atoms with van der Waals surface area (Å²) in [5.74, 6) is 0.425. The van der Waals surface area contributed by atoms with Gasteiger partial charge in [0.25, 0.3) is 5.91 Å². The quantitative estimate of drug-likeness (QED) is 0.457. The minimum Gasteiger partial charge on any atom is -0.489 e. The lowest BCUT2D eigenvalue weighted by Gasteiger charge is -2.07. The molecule has 1 N–H and O–H groups in total. The fraction of sp³-hybridized carbons (Fsp3) is 0.130. The highest BCUT2D eigenvalue weighted by Crippen LogP contribution is 2.17. The van der Waals surface area contributed by atoms with Crippen LogP contribution in [0.4, 0.5) is 0 Å². The molecular weight excluding hydrogens is 372 g/mol. The van der Waals surface area contributed by atoms with Gasteiger partial charge in [0, 0.05) is 0 Å². The van der Waals surface area contributed by atoms with Crippen LogP contribution >= 0.6 is 11.6 Å². The number of benzene rings is 3. The number of aryl methyl sites for hydroxylation is 2. The number of nitrogens with one attached hydrogen (secondary N) is 1. The monoisotopic (exact) mass is 392 g/mol. The molecule has 0 saturated carbocycles. The molecule has 0 saturated heterocycles. The number of ether oxygens (including phenoxy) is 1. The first-order valence-electron chi connectivity index (χ1n) is 8.89. The normalized spacial score (nSPS) is 10.8. The van der Waals surface area contributed by atoms with E-state index in [9.17, 15) is 4.79 Å². The zero-order valence-corrected chi connectivity index (χ0v) is 16.5. The van der Waals surface area contributed by atoms with Crippen LogP contribution < -0.4 is 10.2 Å². The molecule has 0 unspecified atom stereocenters. The Labute approximate surface area is 169 Å². The Morgan fingerprint density at radius 2 is 1.79 bits per heavy atom. The molecule has 4 nitrogen and oxygen atoms in total. The summed E-state index contributed by atoms with van der Waals surface area (Å²) in [6.45, 7) is 4.49. The molecule has 0 fully saturated rings. The number of amides is 1. The van der Waals surface area contributed by atoms with Gasteiger partial charge in [-0.3, -0.25) is 4.79 Å².